The Kier molecular flexibility index (Phi) is 12.5. The van der Waals surface area contributed by atoms with E-state index in [0.717, 1.165) is 56.4 Å². The van der Waals surface area contributed by atoms with Gasteiger partial charge in [0.1, 0.15) is 11.5 Å². The number of phenolic OH excluding ortho intramolecular Hbond substituents is 1. The van der Waals surface area contributed by atoms with E-state index in [9.17, 15) is 24.9 Å². The number of aromatic nitrogens is 1. The average molecular weight is 746 g/mol. The first-order chi connectivity index (χ1) is 25.1. The zero-order valence-electron chi connectivity index (χ0n) is 29.5. The summed E-state index contributed by atoms with van der Waals surface area (Å²) in [7, 11) is 2.16. The number of nitrogens with zero attached hydrogens (tertiary/aromatic N) is 1. The van der Waals surface area contributed by atoms with Gasteiger partial charge in [-0.2, -0.15) is 0 Å². The summed E-state index contributed by atoms with van der Waals surface area (Å²) in [5.41, 5.74) is 0.339. The SMILES string of the molecule is CC(Cc1ccc(OCCCN(C)C2CCC(OC(C(=O)O)(c3cccs3)c3cccs3)CC2)cc1)NC[C@H](O)c1ccc(O)c2[nH]c(=O)ccc12. The van der Waals surface area contributed by atoms with E-state index in [1.165, 1.54) is 34.8 Å². The molecule has 1 fully saturated rings. The Morgan fingerprint density at radius 1 is 1.00 bits per heavy atom. The quantitative estimate of drug-likeness (QED) is 0.0660. The molecule has 12 heteroatoms. The van der Waals surface area contributed by atoms with E-state index in [2.05, 4.69) is 41.3 Å². The van der Waals surface area contributed by atoms with Crippen LogP contribution in [-0.4, -0.2) is 76.1 Å². The highest BCUT2D eigenvalue weighted by molar-refractivity contribution is 7.12. The molecule has 1 aliphatic carbocycles. The second-order valence-electron chi connectivity index (χ2n) is 13.6. The minimum Gasteiger partial charge on any atom is -0.506 e. The van der Waals surface area contributed by atoms with Crippen LogP contribution in [0.1, 0.15) is 66.0 Å². The highest BCUT2D eigenvalue weighted by atomic mass is 32.1. The summed E-state index contributed by atoms with van der Waals surface area (Å²) in [6.45, 7) is 3.91. The number of pyridine rings is 1. The van der Waals surface area contributed by atoms with E-state index in [1.54, 1.807) is 12.1 Å². The molecule has 276 valence electrons. The number of aliphatic carboxylic acids is 1. The van der Waals surface area contributed by atoms with Gasteiger partial charge in [-0.05, 0) is 111 Å². The summed E-state index contributed by atoms with van der Waals surface area (Å²) in [5.74, 6) is -0.166. The molecule has 1 saturated carbocycles. The molecule has 2 atom stereocenters. The lowest BCUT2D eigenvalue weighted by atomic mass is 9.90. The molecule has 3 heterocycles. The fraction of sp³-hybridized carbons (Fsp3) is 0.400. The lowest BCUT2D eigenvalue weighted by molar-refractivity contribution is -0.170. The van der Waals surface area contributed by atoms with Gasteiger partial charge in [0.05, 0.1) is 34.1 Å². The number of aliphatic hydroxyl groups excluding tert-OH is 1. The molecular weight excluding hydrogens is 699 g/mol. The summed E-state index contributed by atoms with van der Waals surface area (Å²) >= 11 is 2.85. The van der Waals surface area contributed by atoms with Gasteiger partial charge >= 0.3 is 5.97 Å². The fourth-order valence-electron chi connectivity index (χ4n) is 7.12. The number of H-pyrrole nitrogens is 1. The summed E-state index contributed by atoms with van der Waals surface area (Å²) in [6, 6.07) is 22.3. The number of phenols is 1. The molecule has 3 aromatic heterocycles. The molecule has 0 saturated heterocycles. The maximum atomic E-state index is 12.7. The van der Waals surface area contributed by atoms with Gasteiger partial charge in [0, 0.05) is 36.6 Å². The first-order valence-electron chi connectivity index (χ1n) is 17.8. The van der Waals surface area contributed by atoms with Crippen LogP contribution >= 0.6 is 22.7 Å². The van der Waals surface area contributed by atoms with Crippen molar-refractivity contribution >= 4 is 39.5 Å². The van der Waals surface area contributed by atoms with Crippen molar-refractivity contribution in [2.45, 2.75) is 75.3 Å². The third-order valence-electron chi connectivity index (χ3n) is 9.96. The van der Waals surface area contributed by atoms with Crippen LogP contribution in [0, 0.1) is 0 Å². The average Bonchev–Trinajstić information content (AvgIpc) is 3.89. The molecular formula is C40H47N3O7S2. The summed E-state index contributed by atoms with van der Waals surface area (Å²) in [5, 5.41) is 39.3. The number of benzene rings is 2. The number of nitrogens with one attached hydrogen (secondary N) is 2. The number of rotatable bonds is 17. The Balaban J connectivity index is 0.904. The van der Waals surface area contributed by atoms with E-state index in [4.69, 9.17) is 9.47 Å². The van der Waals surface area contributed by atoms with Crippen molar-refractivity contribution in [1.29, 1.82) is 0 Å². The number of aliphatic hydroxyl groups is 1. The van der Waals surface area contributed by atoms with Crippen LogP contribution in [0.4, 0.5) is 0 Å². The molecule has 0 radical (unpaired) electrons. The molecule has 0 spiro atoms. The number of carboxylic acids is 1. The second-order valence-corrected chi connectivity index (χ2v) is 15.5. The first-order valence-corrected chi connectivity index (χ1v) is 19.6. The number of carbonyl (C=O) groups is 1. The molecule has 0 aliphatic heterocycles. The van der Waals surface area contributed by atoms with Crippen molar-refractivity contribution in [2.75, 3.05) is 26.7 Å². The zero-order chi connectivity index (χ0) is 36.7. The summed E-state index contributed by atoms with van der Waals surface area (Å²) in [6.07, 6.45) is 4.27. The van der Waals surface area contributed by atoms with Crippen LogP contribution in [0.3, 0.4) is 0 Å². The van der Waals surface area contributed by atoms with Gasteiger partial charge in [-0.3, -0.25) is 4.79 Å². The molecule has 2 aromatic carbocycles. The normalized spacial score (nSPS) is 17.7. The minimum atomic E-state index is -1.46. The smallest absolute Gasteiger partial charge is 0.347 e. The first kappa shape index (κ1) is 37.7. The number of hydrogen-bond acceptors (Lipinski definition) is 10. The molecule has 52 heavy (non-hydrogen) atoms. The standard InChI is InChI=1S/C40H47N3O7S2/c1-26(41-25-34(45)31-16-18-33(44)38-32(31)17-19-37(46)42-38)24-27-8-12-29(13-9-27)49-21-5-20-43(2)28-10-14-30(15-11-28)50-40(39(47)48,35-6-3-22-51-35)36-7-4-23-52-36/h3-4,6-9,12-13,16-19,22-23,26,28,30,34,41,44-45H,5,10-11,14-15,20-21,24-25H2,1-2H3,(H,42,46)(H,47,48)/t26?,28?,30?,34-/m0/s1. The van der Waals surface area contributed by atoms with Crippen LogP contribution in [0.25, 0.3) is 10.9 Å². The Morgan fingerprint density at radius 2 is 1.69 bits per heavy atom. The van der Waals surface area contributed by atoms with Crippen LogP contribution in [0.2, 0.25) is 0 Å². The van der Waals surface area contributed by atoms with Gasteiger partial charge in [-0.1, -0.05) is 30.3 Å². The van der Waals surface area contributed by atoms with Crippen molar-refractivity contribution in [3.8, 4) is 11.5 Å². The topological polar surface area (TPSA) is 144 Å². The van der Waals surface area contributed by atoms with Crippen LogP contribution < -0.4 is 15.6 Å². The number of carboxylic acid groups (broad SMARTS) is 1. The van der Waals surface area contributed by atoms with E-state index < -0.39 is 17.7 Å². The molecule has 10 nitrogen and oxygen atoms in total. The number of aromatic amines is 1. The lowest BCUT2D eigenvalue weighted by Gasteiger charge is -2.38. The molecule has 5 aromatic rings. The minimum absolute atomic E-state index is 0.0300. The third kappa shape index (κ3) is 8.76. The van der Waals surface area contributed by atoms with E-state index in [0.29, 0.717) is 45.4 Å². The number of hydrogen-bond donors (Lipinski definition) is 5. The Morgan fingerprint density at radius 3 is 2.33 bits per heavy atom. The Bertz CT molecular complexity index is 1900. The van der Waals surface area contributed by atoms with Gasteiger partial charge in [0.15, 0.2) is 0 Å². The van der Waals surface area contributed by atoms with Gasteiger partial charge in [-0.15, -0.1) is 22.7 Å². The number of thiophene rings is 2. The van der Waals surface area contributed by atoms with Crippen molar-refractivity contribution in [1.82, 2.24) is 15.2 Å². The molecule has 5 N–H and O–H groups in total. The van der Waals surface area contributed by atoms with Crippen LogP contribution in [0.5, 0.6) is 11.5 Å². The van der Waals surface area contributed by atoms with Crippen molar-refractivity contribution < 1.29 is 29.6 Å². The maximum absolute atomic E-state index is 12.7. The van der Waals surface area contributed by atoms with Gasteiger partial charge in [0.2, 0.25) is 11.2 Å². The van der Waals surface area contributed by atoms with Crippen molar-refractivity contribution in [3.63, 3.8) is 0 Å². The molecule has 0 amide bonds. The van der Waals surface area contributed by atoms with Crippen LogP contribution in [-0.2, 0) is 21.6 Å². The number of aromatic hydroxyl groups is 1. The molecule has 0 bridgehead atoms. The Labute approximate surface area is 311 Å². The molecule has 1 unspecified atom stereocenters. The van der Waals surface area contributed by atoms with E-state index >= 15 is 0 Å². The van der Waals surface area contributed by atoms with Gasteiger partial charge in [0.25, 0.3) is 0 Å². The highest BCUT2D eigenvalue weighted by Crippen LogP contribution is 2.42. The van der Waals surface area contributed by atoms with Crippen molar-refractivity contribution in [2.24, 2.45) is 0 Å². The van der Waals surface area contributed by atoms with Crippen LogP contribution in [0.15, 0.2) is 88.4 Å². The predicted molar refractivity (Wildman–Crippen MR) is 206 cm³/mol. The number of ether oxygens (including phenoxy) is 2. The zero-order valence-corrected chi connectivity index (χ0v) is 31.1. The van der Waals surface area contributed by atoms with Crippen molar-refractivity contribution in [3.05, 3.63) is 115 Å². The maximum Gasteiger partial charge on any atom is 0.347 e. The second kappa shape index (κ2) is 17.2. The monoisotopic (exact) mass is 745 g/mol. The van der Waals surface area contributed by atoms with E-state index in [-0.39, 0.29) is 23.5 Å². The van der Waals surface area contributed by atoms with Gasteiger partial charge in [-0.25, -0.2) is 4.79 Å². The third-order valence-corrected chi connectivity index (χ3v) is 11.9. The predicted octanol–water partition coefficient (Wildman–Crippen LogP) is 6.67. The van der Waals surface area contributed by atoms with E-state index in [1.807, 2.05) is 47.2 Å². The number of fused-ring (bicyclic) bond motifs is 1. The fourth-order valence-corrected chi connectivity index (χ4v) is 8.93. The summed E-state index contributed by atoms with van der Waals surface area (Å²) < 4.78 is 12.6. The highest BCUT2D eigenvalue weighted by Gasteiger charge is 2.48. The molecule has 6 rings (SSSR count). The lowest BCUT2D eigenvalue weighted by Crippen LogP contribution is -2.44. The summed E-state index contributed by atoms with van der Waals surface area (Å²) in [4.78, 5) is 30.9. The molecule has 1 aliphatic rings. The Hall–Kier alpha value is -4.04. The largest absolute Gasteiger partial charge is 0.506 e. The van der Waals surface area contributed by atoms with Gasteiger partial charge < -0.3 is 40.0 Å².